The minimum atomic E-state index is -4.52. The first-order valence-electron chi connectivity index (χ1n) is 8.41. The Morgan fingerprint density at radius 2 is 1.81 bits per heavy atom. The van der Waals surface area contributed by atoms with Crippen LogP contribution in [-0.2, 0) is 10.3 Å². The van der Waals surface area contributed by atoms with Crippen molar-refractivity contribution in [2.45, 2.75) is 25.1 Å². The van der Waals surface area contributed by atoms with Crippen LogP contribution < -0.4 is 4.90 Å². The second-order valence-electron chi connectivity index (χ2n) is 7.19. The van der Waals surface area contributed by atoms with Gasteiger partial charge in [0.2, 0.25) is 5.91 Å². The van der Waals surface area contributed by atoms with E-state index in [1.807, 2.05) is 6.07 Å². The van der Waals surface area contributed by atoms with E-state index in [1.54, 1.807) is 42.5 Å². The van der Waals surface area contributed by atoms with Crippen LogP contribution in [0, 0.1) is 5.41 Å². The van der Waals surface area contributed by atoms with E-state index in [-0.39, 0.29) is 0 Å². The van der Waals surface area contributed by atoms with E-state index < -0.39 is 29.5 Å². The minimum absolute atomic E-state index is 0.389. The maximum atomic E-state index is 13.5. The number of amides is 1. The number of carbonyl (C=O) groups is 1. The van der Waals surface area contributed by atoms with Crippen molar-refractivity contribution >= 4 is 28.9 Å². The van der Waals surface area contributed by atoms with Crippen LogP contribution in [0.5, 0.6) is 0 Å². The molecule has 2 aliphatic rings. The Hall–Kier alpha value is -2.34. The lowest BCUT2D eigenvalue weighted by Crippen LogP contribution is -2.56. The molecule has 0 aliphatic carbocycles. The smallest absolute Gasteiger partial charge is 0.315 e. The van der Waals surface area contributed by atoms with Gasteiger partial charge in [0.25, 0.3) is 0 Å². The number of hydrogen-bond donors (Lipinski definition) is 0. The molecule has 1 spiro atoms. The van der Waals surface area contributed by atoms with Crippen LogP contribution in [0.1, 0.15) is 24.5 Å². The number of aliphatic imine (C=N–C) groups is 1. The van der Waals surface area contributed by atoms with Crippen LogP contribution in [0.4, 0.5) is 18.9 Å². The summed E-state index contributed by atoms with van der Waals surface area (Å²) in [5.41, 5.74) is -0.910. The average Bonchev–Trinajstić information content (AvgIpc) is 3.36. The Labute approximate surface area is 159 Å². The van der Waals surface area contributed by atoms with E-state index in [4.69, 9.17) is 11.6 Å². The summed E-state index contributed by atoms with van der Waals surface area (Å²) in [4.78, 5) is 18.9. The largest absolute Gasteiger partial charge is 0.390 e. The Bertz CT molecular complexity index is 973. The van der Waals surface area contributed by atoms with Crippen LogP contribution in [0.3, 0.4) is 0 Å². The van der Waals surface area contributed by atoms with Crippen LogP contribution >= 0.6 is 11.6 Å². The third kappa shape index (κ3) is 2.50. The molecule has 4 rings (SSSR count). The second-order valence-corrected chi connectivity index (χ2v) is 7.62. The van der Waals surface area contributed by atoms with Gasteiger partial charge in [-0.2, -0.15) is 13.2 Å². The summed E-state index contributed by atoms with van der Waals surface area (Å²) in [6, 6.07) is 13.9. The molecule has 0 bridgehead atoms. The molecule has 0 fully saturated rings. The van der Waals surface area contributed by atoms with Gasteiger partial charge in [0.1, 0.15) is 5.54 Å². The van der Waals surface area contributed by atoms with Crippen LogP contribution in [0.2, 0.25) is 5.02 Å². The molecule has 2 atom stereocenters. The number of halogens is 4. The molecule has 0 saturated carbocycles. The molecule has 140 valence electrons. The Morgan fingerprint density at radius 1 is 1.15 bits per heavy atom. The van der Waals surface area contributed by atoms with Gasteiger partial charge < -0.3 is 4.90 Å². The minimum Gasteiger partial charge on any atom is -0.315 e. The monoisotopic (exact) mass is 392 g/mol. The maximum absolute atomic E-state index is 13.5. The number of nitrogens with zero attached hydrogens (tertiary/aromatic N) is 2. The maximum Gasteiger partial charge on any atom is 0.390 e. The molecule has 2 aromatic rings. The van der Waals surface area contributed by atoms with Gasteiger partial charge in [-0.05, 0) is 30.7 Å². The summed E-state index contributed by atoms with van der Waals surface area (Å²) in [5.74, 6) is -0.607. The summed E-state index contributed by atoms with van der Waals surface area (Å²) >= 11 is 6.16. The van der Waals surface area contributed by atoms with Gasteiger partial charge >= 0.3 is 6.18 Å². The molecule has 0 unspecified atom stereocenters. The lowest BCUT2D eigenvalue weighted by Gasteiger charge is -2.45. The quantitative estimate of drug-likeness (QED) is 0.710. The standard InChI is InChI=1S/C20H16ClF3N2O/c1-18(11-19(22,23)24)17(27)26(2)15-9-8-13(21)10-14(15)20(18)16(25-20)12-6-4-3-5-7-12/h3-10H,11H2,1-2H3/t18-,20+/m1/s1. The molecule has 2 heterocycles. The molecule has 0 aromatic heterocycles. The Morgan fingerprint density at radius 3 is 2.44 bits per heavy atom. The number of anilines is 1. The highest BCUT2D eigenvalue weighted by molar-refractivity contribution is 6.31. The highest BCUT2D eigenvalue weighted by atomic mass is 35.5. The first-order valence-corrected chi connectivity index (χ1v) is 8.79. The molecular formula is C20H16ClF3N2O. The topological polar surface area (TPSA) is 32.7 Å². The molecule has 27 heavy (non-hydrogen) atoms. The third-order valence-corrected chi connectivity index (χ3v) is 5.69. The van der Waals surface area contributed by atoms with Gasteiger partial charge in [-0.15, -0.1) is 0 Å². The van der Waals surface area contributed by atoms with Gasteiger partial charge in [-0.3, -0.25) is 9.79 Å². The molecule has 1 amide bonds. The van der Waals surface area contributed by atoms with Gasteiger partial charge in [0, 0.05) is 23.3 Å². The fraction of sp³-hybridized carbons (Fsp3) is 0.300. The van der Waals surface area contributed by atoms with Crippen molar-refractivity contribution < 1.29 is 18.0 Å². The Kier molecular flexibility index (Phi) is 3.73. The van der Waals surface area contributed by atoms with Gasteiger partial charge in [-0.1, -0.05) is 41.9 Å². The van der Waals surface area contributed by atoms with E-state index in [9.17, 15) is 18.0 Å². The molecule has 2 aliphatic heterocycles. The molecule has 7 heteroatoms. The SMILES string of the molecule is CN1C(=O)[C@@](C)(CC(F)(F)F)[C@]2(N=C2c2ccccc2)c2cc(Cl)ccc21. The fourth-order valence-corrected chi connectivity index (χ4v) is 4.38. The summed E-state index contributed by atoms with van der Waals surface area (Å²) in [6.45, 7) is 1.35. The highest BCUT2D eigenvalue weighted by Crippen LogP contribution is 2.63. The highest BCUT2D eigenvalue weighted by Gasteiger charge is 2.70. The fourth-order valence-electron chi connectivity index (χ4n) is 4.21. The van der Waals surface area contributed by atoms with Crippen molar-refractivity contribution in [3.05, 3.63) is 64.7 Å². The number of benzene rings is 2. The first kappa shape index (κ1) is 18.0. The van der Waals surface area contributed by atoms with Crippen LogP contribution in [0.15, 0.2) is 53.5 Å². The second kappa shape index (κ2) is 5.58. The zero-order valence-electron chi connectivity index (χ0n) is 14.6. The molecule has 0 N–H and O–H groups in total. The molecule has 0 radical (unpaired) electrons. The third-order valence-electron chi connectivity index (χ3n) is 5.46. The van der Waals surface area contributed by atoms with Crippen molar-refractivity contribution in [1.29, 1.82) is 0 Å². The zero-order chi connectivity index (χ0) is 19.6. The van der Waals surface area contributed by atoms with Gasteiger partial charge in [0.15, 0.2) is 0 Å². The van der Waals surface area contributed by atoms with Gasteiger partial charge in [-0.25, -0.2) is 0 Å². The zero-order valence-corrected chi connectivity index (χ0v) is 15.4. The number of alkyl halides is 3. The summed E-state index contributed by atoms with van der Waals surface area (Å²) < 4.78 is 40.5. The van der Waals surface area contributed by atoms with E-state index in [2.05, 4.69) is 4.99 Å². The molecule has 0 saturated heterocycles. The van der Waals surface area contributed by atoms with E-state index in [0.29, 0.717) is 27.5 Å². The van der Waals surface area contributed by atoms with E-state index in [0.717, 1.165) is 0 Å². The summed E-state index contributed by atoms with van der Waals surface area (Å²) in [6.07, 6.45) is -5.79. The number of fused-ring (bicyclic) bond motifs is 2. The van der Waals surface area contributed by atoms with Crippen LogP contribution in [-0.4, -0.2) is 24.8 Å². The van der Waals surface area contributed by atoms with Gasteiger partial charge in [0.05, 0.1) is 17.5 Å². The predicted octanol–water partition coefficient (Wildman–Crippen LogP) is 4.97. The number of hydrogen-bond acceptors (Lipinski definition) is 2. The predicted molar refractivity (Wildman–Crippen MR) is 98.3 cm³/mol. The lowest BCUT2D eigenvalue weighted by atomic mass is 9.63. The molecule has 2 aromatic carbocycles. The number of rotatable bonds is 2. The Balaban J connectivity index is 1.96. The van der Waals surface area contributed by atoms with Crippen molar-refractivity contribution in [1.82, 2.24) is 0 Å². The van der Waals surface area contributed by atoms with Crippen molar-refractivity contribution in [2.24, 2.45) is 10.4 Å². The molecule has 3 nitrogen and oxygen atoms in total. The first-order chi connectivity index (χ1) is 12.6. The summed E-state index contributed by atoms with van der Waals surface area (Å²) in [7, 11) is 1.49. The van der Waals surface area contributed by atoms with Crippen LogP contribution in [0.25, 0.3) is 0 Å². The average molecular weight is 393 g/mol. The van der Waals surface area contributed by atoms with E-state index >= 15 is 0 Å². The number of carbonyl (C=O) groups excluding carboxylic acids is 1. The lowest BCUT2D eigenvalue weighted by molar-refractivity contribution is -0.169. The van der Waals surface area contributed by atoms with E-state index in [1.165, 1.54) is 18.9 Å². The molecular weight excluding hydrogens is 377 g/mol. The summed E-state index contributed by atoms with van der Waals surface area (Å²) in [5, 5.41) is 0.389. The van der Waals surface area contributed by atoms with Crippen molar-refractivity contribution in [3.8, 4) is 0 Å². The van der Waals surface area contributed by atoms with Crippen molar-refractivity contribution in [2.75, 3.05) is 11.9 Å². The normalized spacial score (nSPS) is 26.8. The van der Waals surface area contributed by atoms with Crippen molar-refractivity contribution in [3.63, 3.8) is 0 Å².